The molecule has 68 heavy (non-hydrogen) atoms. The van der Waals surface area contributed by atoms with Crippen molar-refractivity contribution in [1.82, 2.24) is 14.5 Å². The third-order valence-corrected chi connectivity index (χ3v) is 12.4. The molecule has 0 saturated heterocycles. The molecule has 0 fully saturated rings. The largest absolute Gasteiger partial charge is 0.501 e. The van der Waals surface area contributed by atoms with E-state index in [0.29, 0.717) is 0 Å². The smallest absolute Gasteiger partial charge is 0.397 e. The summed E-state index contributed by atoms with van der Waals surface area (Å²) < 4.78 is 84.7. The molecular formula is C59H49F4IrN3O-2. The number of halogens is 4. The van der Waals surface area contributed by atoms with Crippen LogP contribution in [-0.2, 0) is 25.5 Å². The minimum Gasteiger partial charge on any atom is -0.501 e. The van der Waals surface area contributed by atoms with Gasteiger partial charge in [0.1, 0.15) is 5.58 Å². The number of benzene rings is 7. The molecule has 0 atom stereocenters. The summed E-state index contributed by atoms with van der Waals surface area (Å²) in [6, 6.07) is 55.6. The predicted octanol–water partition coefficient (Wildman–Crippen LogP) is 16.8. The van der Waals surface area contributed by atoms with Crippen LogP contribution in [0.1, 0.15) is 79.7 Å². The molecule has 3 heterocycles. The summed E-state index contributed by atoms with van der Waals surface area (Å²) in [4.78, 5) is 9.22. The summed E-state index contributed by atoms with van der Waals surface area (Å²) in [5, 5.41) is 2.15. The van der Waals surface area contributed by atoms with Crippen LogP contribution in [0.5, 0.6) is 0 Å². The Kier molecular flexibility index (Phi) is 12.3. The van der Waals surface area contributed by atoms with E-state index < -0.39 is 35.4 Å². The quantitative estimate of drug-likeness (QED) is 0.112. The van der Waals surface area contributed by atoms with E-state index in [1.165, 1.54) is 39.6 Å². The van der Waals surface area contributed by atoms with E-state index in [1.54, 1.807) is 0 Å². The number of aromatic nitrogens is 3. The van der Waals surface area contributed by atoms with Gasteiger partial charge in [-0.3, -0.25) is 9.37 Å². The number of rotatable bonds is 8. The number of imidazole rings is 1. The molecule has 7 aromatic carbocycles. The van der Waals surface area contributed by atoms with E-state index in [-0.39, 0.29) is 43.2 Å². The van der Waals surface area contributed by atoms with Crippen molar-refractivity contribution in [3.8, 4) is 50.6 Å². The van der Waals surface area contributed by atoms with Crippen LogP contribution in [-0.4, -0.2) is 20.7 Å². The number of alkyl halides is 3. The van der Waals surface area contributed by atoms with E-state index >= 15 is 0 Å². The van der Waals surface area contributed by atoms with Crippen LogP contribution in [0, 0.1) is 24.8 Å². The Morgan fingerprint density at radius 2 is 1.34 bits per heavy atom. The first-order valence-electron chi connectivity index (χ1n) is 23.7. The van der Waals surface area contributed by atoms with E-state index in [2.05, 4.69) is 165 Å². The maximum atomic E-state index is 13.4. The Labute approximate surface area is 412 Å². The minimum absolute atomic E-state index is 0. The van der Waals surface area contributed by atoms with Gasteiger partial charge in [-0.2, -0.15) is 13.2 Å². The fraction of sp³-hybridized carbons (Fsp3) is 0.186. The molecule has 0 spiro atoms. The zero-order valence-electron chi connectivity index (χ0n) is 41.3. The number of hydrogen-bond donors (Lipinski definition) is 0. The molecule has 10 aromatic rings. The number of furan rings is 1. The number of aryl methyl sites for hydroxylation is 1. The van der Waals surface area contributed by atoms with Crippen LogP contribution in [0.15, 0.2) is 162 Å². The molecule has 10 rings (SSSR count). The fourth-order valence-electron chi connectivity index (χ4n) is 8.59. The number of pyridine rings is 1. The molecule has 345 valence electrons. The maximum Gasteiger partial charge on any atom is 0.397 e. The standard InChI is InChI=1S/C43H35N2O.C16H14F4N.Ir/c1-27(2)36-24-32(30-16-9-6-10-17-30)25-37(28(3)4)41(36)45-39-21-12-11-20-38(39)44-43(45)35-19-13-18-34-33-23-22-31(26-40(33)46-42(34)35)29-14-7-5-8-15-29;1-10-9-21-14(11-4-6-12(17)7-5-11)8-13(10)15(2,3)16(18,19)20;/h5-18,20-28H,1-4H3;4,6-9H,1-3H3;/q2*-1;/i;1D3;. The Bertz CT molecular complexity index is 3480. The van der Waals surface area contributed by atoms with Crippen molar-refractivity contribution in [2.45, 2.75) is 71.8 Å². The van der Waals surface area contributed by atoms with Gasteiger partial charge in [0.25, 0.3) is 0 Å². The van der Waals surface area contributed by atoms with Gasteiger partial charge in [-0.25, -0.2) is 0 Å². The minimum atomic E-state index is -4.65. The second kappa shape index (κ2) is 19.1. The van der Waals surface area contributed by atoms with Crippen molar-refractivity contribution in [3.63, 3.8) is 0 Å². The van der Waals surface area contributed by atoms with Crippen LogP contribution in [0.25, 0.3) is 83.6 Å². The molecule has 0 unspecified atom stereocenters. The van der Waals surface area contributed by atoms with Crippen LogP contribution < -0.4 is 0 Å². The molecule has 0 aliphatic rings. The molecule has 0 saturated carbocycles. The van der Waals surface area contributed by atoms with Crippen LogP contribution in [0.3, 0.4) is 0 Å². The number of para-hydroxylation sites is 2. The van der Waals surface area contributed by atoms with Gasteiger partial charge >= 0.3 is 6.18 Å². The SMILES string of the molecule is CC(C)c1cc(-c2ccccc2)cc(C(C)C)c1-n1c(-c2[c-]ccc3c2oc2cc(-c4ccccc4)ccc23)nc2ccccc21.[2H]C([2H])([2H])c1cnc(-c2[c-]cc(F)cc2)cc1C(C)(C)C(F)(F)F.[Ir]. The van der Waals surface area contributed by atoms with Crippen molar-refractivity contribution in [3.05, 3.63) is 198 Å². The van der Waals surface area contributed by atoms with Gasteiger partial charge in [0.15, 0.2) is 0 Å². The predicted molar refractivity (Wildman–Crippen MR) is 264 cm³/mol. The Morgan fingerprint density at radius 3 is 1.96 bits per heavy atom. The molecule has 0 N–H and O–H groups in total. The molecule has 0 amide bonds. The van der Waals surface area contributed by atoms with Crippen molar-refractivity contribution in [1.29, 1.82) is 0 Å². The molecule has 9 heteroatoms. The van der Waals surface area contributed by atoms with E-state index in [1.807, 2.05) is 12.1 Å². The van der Waals surface area contributed by atoms with Gasteiger partial charge in [-0.05, 0) is 113 Å². The third-order valence-electron chi connectivity index (χ3n) is 12.4. The number of hydrogen-bond acceptors (Lipinski definition) is 3. The van der Waals surface area contributed by atoms with Crippen molar-refractivity contribution < 1.29 is 46.2 Å². The second-order valence-corrected chi connectivity index (χ2v) is 17.9. The Morgan fingerprint density at radius 1 is 0.691 bits per heavy atom. The zero-order valence-corrected chi connectivity index (χ0v) is 40.7. The van der Waals surface area contributed by atoms with Gasteiger partial charge in [-0.15, -0.1) is 48.0 Å². The maximum absolute atomic E-state index is 13.4. The summed E-state index contributed by atoms with van der Waals surface area (Å²) in [5.41, 5.74) is 10.2. The first kappa shape index (κ1) is 43.9. The van der Waals surface area contributed by atoms with Crippen LogP contribution >= 0.6 is 0 Å². The van der Waals surface area contributed by atoms with Gasteiger partial charge in [0.2, 0.25) is 0 Å². The summed E-state index contributed by atoms with van der Waals surface area (Å²) in [7, 11) is 0. The molecule has 3 aromatic heterocycles. The summed E-state index contributed by atoms with van der Waals surface area (Å²) in [5.74, 6) is 0.860. The van der Waals surface area contributed by atoms with Crippen molar-refractivity contribution in [2.24, 2.45) is 0 Å². The van der Waals surface area contributed by atoms with Crippen LogP contribution in [0.4, 0.5) is 17.6 Å². The summed E-state index contributed by atoms with van der Waals surface area (Å²) >= 11 is 0. The number of nitrogens with zero attached hydrogens (tertiary/aromatic N) is 3. The van der Waals surface area contributed by atoms with Gasteiger partial charge in [0, 0.05) is 47.3 Å². The molecule has 0 aliphatic heterocycles. The van der Waals surface area contributed by atoms with Crippen molar-refractivity contribution in [2.75, 3.05) is 0 Å². The average Bonchev–Trinajstić information content (AvgIpc) is 3.92. The molecule has 0 aliphatic carbocycles. The van der Waals surface area contributed by atoms with Gasteiger partial charge < -0.3 is 14.0 Å². The van der Waals surface area contributed by atoms with E-state index in [0.717, 1.165) is 88.2 Å². The third kappa shape index (κ3) is 9.05. The number of fused-ring (bicyclic) bond motifs is 4. The van der Waals surface area contributed by atoms with Gasteiger partial charge in [0.05, 0.1) is 27.9 Å². The second-order valence-electron chi connectivity index (χ2n) is 17.9. The topological polar surface area (TPSA) is 43.9 Å². The first-order chi connectivity index (χ1) is 33.3. The van der Waals surface area contributed by atoms with E-state index in [4.69, 9.17) is 13.5 Å². The Balaban J connectivity index is 0.000000230. The average molecular weight is 1090 g/mol. The molecule has 4 nitrogen and oxygen atoms in total. The summed E-state index contributed by atoms with van der Waals surface area (Å²) in [6.45, 7) is 8.22. The molecular weight excluding hydrogens is 1030 g/mol. The fourth-order valence-corrected chi connectivity index (χ4v) is 8.59. The zero-order chi connectivity index (χ0) is 49.7. The van der Waals surface area contributed by atoms with Crippen LogP contribution in [0.2, 0.25) is 0 Å². The van der Waals surface area contributed by atoms with E-state index in [9.17, 15) is 17.6 Å². The monoisotopic (exact) mass is 1090 g/mol. The van der Waals surface area contributed by atoms with Gasteiger partial charge in [-0.1, -0.05) is 130 Å². The molecule has 1 radical (unpaired) electrons. The van der Waals surface area contributed by atoms with Crippen molar-refractivity contribution >= 4 is 33.0 Å². The Hall–Kier alpha value is -6.67. The first-order valence-corrected chi connectivity index (χ1v) is 22.2. The summed E-state index contributed by atoms with van der Waals surface area (Å²) in [6.07, 6.45) is -3.74. The molecule has 0 bridgehead atoms. The normalized spacial score (nSPS) is 12.7.